The van der Waals surface area contributed by atoms with Crippen molar-refractivity contribution in [2.45, 2.75) is 26.2 Å². The molecule has 1 unspecified atom stereocenters. The van der Waals surface area contributed by atoms with Crippen LogP contribution in [-0.2, 0) is 11.2 Å². The first kappa shape index (κ1) is 13.9. The minimum Gasteiger partial charge on any atom is -0.493 e. The molecule has 2 aliphatic heterocycles. The maximum absolute atomic E-state index is 5.95. The first-order valence-electron chi connectivity index (χ1n) is 7.74. The fraction of sp³-hybridized carbons (Fsp3) is 0.647. The van der Waals surface area contributed by atoms with Gasteiger partial charge in [0.2, 0.25) is 0 Å². The predicted molar refractivity (Wildman–Crippen MR) is 80.2 cm³/mol. The van der Waals surface area contributed by atoms with E-state index in [2.05, 4.69) is 36.5 Å². The number of rotatable bonds is 5. The zero-order chi connectivity index (χ0) is 13.8. The molecule has 3 nitrogen and oxygen atoms in total. The predicted octanol–water partition coefficient (Wildman–Crippen LogP) is 2.64. The van der Waals surface area contributed by atoms with Crippen LogP contribution < -0.4 is 10.1 Å². The maximum Gasteiger partial charge on any atom is 0.119 e. The van der Waals surface area contributed by atoms with Gasteiger partial charge in [0, 0.05) is 5.41 Å². The third kappa shape index (κ3) is 3.53. The average Bonchev–Trinajstić information content (AvgIpc) is 2.45. The molecule has 0 saturated carbocycles. The maximum atomic E-state index is 5.95. The Labute approximate surface area is 121 Å². The highest BCUT2D eigenvalue weighted by Crippen LogP contribution is 2.28. The average molecular weight is 275 g/mol. The Morgan fingerprint density at radius 1 is 1.40 bits per heavy atom. The van der Waals surface area contributed by atoms with Gasteiger partial charge in [0.15, 0.2) is 0 Å². The summed E-state index contributed by atoms with van der Waals surface area (Å²) in [6.07, 6.45) is 3.80. The van der Waals surface area contributed by atoms with Gasteiger partial charge in [0.25, 0.3) is 0 Å². The van der Waals surface area contributed by atoms with Gasteiger partial charge in [-0.3, -0.25) is 0 Å². The zero-order valence-electron chi connectivity index (χ0n) is 12.4. The number of hydrogen-bond donors (Lipinski definition) is 1. The van der Waals surface area contributed by atoms with Crippen molar-refractivity contribution in [3.8, 4) is 5.75 Å². The molecule has 20 heavy (non-hydrogen) atoms. The lowest BCUT2D eigenvalue weighted by Gasteiger charge is -2.37. The molecule has 1 N–H and O–H groups in total. The van der Waals surface area contributed by atoms with E-state index in [-0.39, 0.29) is 5.41 Å². The summed E-state index contributed by atoms with van der Waals surface area (Å²) in [5.74, 6) is 1.77. The van der Waals surface area contributed by atoms with Gasteiger partial charge >= 0.3 is 0 Å². The molecule has 110 valence electrons. The van der Waals surface area contributed by atoms with Gasteiger partial charge in [-0.25, -0.2) is 0 Å². The van der Waals surface area contributed by atoms with Crippen molar-refractivity contribution in [3.63, 3.8) is 0 Å². The monoisotopic (exact) mass is 275 g/mol. The van der Waals surface area contributed by atoms with Crippen molar-refractivity contribution in [3.05, 3.63) is 29.8 Å². The fourth-order valence-corrected chi connectivity index (χ4v) is 2.99. The van der Waals surface area contributed by atoms with Gasteiger partial charge < -0.3 is 14.8 Å². The summed E-state index contributed by atoms with van der Waals surface area (Å²) in [5, 5.41) is 3.48. The van der Waals surface area contributed by atoms with E-state index in [4.69, 9.17) is 9.47 Å². The smallest absolute Gasteiger partial charge is 0.119 e. The number of ether oxygens (including phenoxy) is 2. The van der Waals surface area contributed by atoms with Crippen LogP contribution >= 0.6 is 0 Å². The molecule has 2 heterocycles. The molecular weight excluding hydrogens is 250 g/mol. The molecule has 0 aliphatic carbocycles. The van der Waals surface area contributed by atoms with E-state index >= 15 is 0 Å². The summed E-state index contributed by atoms with van der Waals surface area (Å²) >= 11 is 0. The molecule has 1 aromatic carbocycles. The van der Waals surface area contributed by atoms with Crippen molar-refractivity contribution >= 4 is 0 Å². The summed E-state index contributed by atoms with van der Waals surface area (Å²) in [6.45, 7) is 6.94. The Morgan fingerprint density at radius 3 is 3.00 bits per heavy atom. The molecule has 2 saturated heterocycles. The zero-order valence-corrected chi connectivity index (χ0v) is 12.4. The minimum atomic E-state index is 0.212. The highest BCUT2D eigenvalue weighted by atomic mass is 16.5. The van der Waals surface area contributed by atoms with Crippen molar-refractivity contribution in [2.24, 2.45) is 11.3 Å². The standard InChI is InChI=1S/C17H25NO2/c1-17(11-19-12-17)13-20-16-6-2-4-14(9-16)8-15-5-3-7-18-10-15/h2,4,6,9,15,18H,3,5,7-8,10-13H2,1H3. The van der Waals surface area contributed by atoms with E-state index in [1.54, 1.807) is 0 Å². The minimum absolute atomic E-state index is 0.212. The molecule has 1 atom stereocenters. The molecule has 3 rings (SSSR count). The van der Waals surface area contributed by atoms with E-state index < -0.39 is 0 Å². The topological polar surface area (TPSA) is 30.5 Å². The van der Waals surface area contributed by atoms with Gasteiger partial charge in [-0.1, -0.05) is 19.1 Å². The second-order valence-electron chi connectivity index (χ2n) is 6.66. The number of piperidine rings is 1. The summed E-state index contributed by atoms with van der Waals surface area (Å²) < 4.78 is 11.2. The molecule has 2 fully saturated rings. The fourth-order valence-electron chi connectivity index (χ4n) is 2.99. The largest absolute Gasteiger partial charge is 0.493 e. The highest BCUT2D eigenvalue weighted by molar-refractivity contribution is 5.29. The summed E-state index contributed by atoms with van der Waals surface area (Å²) in [6, 6.07) is 8.60. The SMILES string of the molecule is CC1(COc2cccc(CC3CCCNC3)c2)COC1. The molecule has 0 spiro atoms. The lowest BCUT2D eigenvalue weighted by atomic mass is 9.90. The number of benzene rings is 1. The van der Waals surface area contributed by atoms with Crippen LogP contribution in [0.3, 0.4) is 0 Å². The van der Waals surface area contributed by atoms with E-state index in [1.807, 2.05) is 0 Å². The molecule has 0 radical (unpaired) electrons. The van der Waals surface area contributed by atoms with Gasteiger partial charge in [-0.2, -0.15) is 0 Å². The first-order valence-corrected chi connectivity index (χ1v) is 7.74. The lowest BCUT2D eigenvalue weighted by Crippen LogP contribution is -2.44. The Hall–Kier alpha value is -1.06. The van der Waals surface area contributed by atoms with Gasteiger partial charge in [-0.05, 0) is 56.0 Å². The van der Waals surface area contributed by atoms with Crippen LogP contribution in [0.25, 0.3) is 0 Å². The Balaban J connectivity index is 1.54. The van der Waals surface area contributed by atoms with Crippen LogP contribution in [0, 0.1) is 11.3 Å². The number of nitrogens with one attached hydrogen (secondary N) is 1. The van der Waals surface area contributed by atoms with E-state index in [0.717, 1.165) is 44.5 Å². The molecule has 3 heteroatoms. The summed E-state index contributed by atoms with van der Waals surface area (Å²) in [5.41, 5.74) is 1.61. The third-order valence-corrected chi connectivity index (χ3v) is 4.31. The van der Waals surface area contributed by atoms with Crippen LogP contribution in [-0.4, -0.2) is 32.9 Å². The van der Waals surface area contributed by atoms with Gasteiger partial charge in [-0.15, -0.1) is 0 Å². The van der Waals surface area contributed by atoms with Crippen molar-refractivity contribution < 1.29 is 9.47 Å². The second kappa shape index (κ2) is 6.15. The van der Waals surface area contributed by atoms with Crippen LogP contribution in [0.2, 0.25) is 0 Å². The molecule has 2 aliphatic rings. The first-order chi connectivity index (χ1) is 9.73. The highest BCUT2D eigenvalue weighted by Gasteiger charge is 2.34. The summed E-state index contributed by atoms with van der Waals surface area (Å²) in [4.78, 5) is 0. The van der Waals surface area contributed by atoms with Crippen LogP contribution in [0.15, 0.2) is 24.3 Å². The third-order valence-electron chi connectivity index (χ3n) is 4.31. The molecular formula is C17H25NO2. The Morgan fingerprint density at radius 2 is 2.30 bits per heavy atom. The van der Waals surface area contributed by atoms with Crippen molar-refractivity contribution in [1.82, 2.24) is 5.32 Å². The normalized spacial score (nSPS) is 24.9. The molecule has 0 bridgehead atoms. The van der Waals surface area contributed by atoms with Crippen molar-refractivity contribution in [1.29, 1.82) is 0 Å². The van der Waals surface area contributed by atoms with Crippen LogP contribution in [0.4, 0.5) is 0 Å². The van der Waals surface area contributed by atoms with Crippen LogP contribution in [0.5, 0.6) is 5.75 Å². The van der Waals surface area contributed by atoms with Gasteiger partial charge in [0.1, 0.15) is 5.75 Å². The molecule has 0 amide bonds. The van der Waals surface area contributed by atoms with Gasteiger partial charge in [0.05, 0.1) is 19.8 Å². The Bertz CT molecular complexity index is 436. The second-order valence-corrected chi connectivity index (χ2v) is 6.66. The summed E-state index contributed by atoms with van der Waals surface area (Å²) in [7, 11) is 0. The van der Waals surface area contributed by atoms with Crippen LogP contribution in [0.1, 0.15) is 25.3 Å². The van der Waals surface area contributed by atoms with E-state index in [1.165, 1.54) is 24.9 Å². The lowest BCUT2D eigenvalue weighted by molar-refractivity contribution is -0.120. The quantitative estimate of drug-likeness (QED) is 0.896. The Kier molecular flexibility index (Phi) is 4.27. The van der Waals surface area contributed by atoms with E-state index in [9.17, 15) is 0 Å². The van der Waals surface area contributed by atoms with E-state index in [0.29, 0.717) is 0 Å². The van der Waals surface area contributed by atoms with Crippen molar-refractivity contribution in [2.75, 3.05) is 32.9 Å². The molecule has 0 aromatic heterocycles. The number of hydrogen-bond acceptors (Lipinski definition) is 3. The molecule has 1 aromatic rings.